The number of hydrogen-bond acceptors (Lipinski definition) is 3. The molecule has 0 aliphatic rings. The van der Waals surface area contributed by atoms with Crippen molar-refractivity contribution in [1.82, 2.24) is 0 Å². The molecule has 0 saturated heterocycles. The van der Waals surface area contributed by atoms with Crippen LogP contribution in [0.2, 0.25) is 0 Å². The number of fused-ring (bicyclic) bond motifs is 1. The SMILES string of the molecule is CCC(=O)Nc1cc(NC(=O)CNc2ccc3ccccc3c2)ccc1C. The summed E-state index contributed by atoms with van der Waals surface area (Å²) in [5.74, 6) is -0.209. The summed E-state index contributed by atoms with van der Waals surface area (Å²) in [5, 5.41) is 11.1. The number of aryl methyl sites for hydroxylation is 1. The summed E-state index contributed by atoms with van der Waals surface area (Å²) in [6.45, 7) is 3.87. The molecule has 0 spiro atoms. The Hall–Kier alpha value is -3.34. The van der Waals surface area contributed by atoms with Crippen molar-refractivity contribution >= 4 is 39.6 Å². The Labute approximate surface area is 158 Å². The summed E-state index contributed by atoms with van der Waals surface area (Å²) >= 11 is 0. The normalized spacial score (nSPS) is 10.4. The van der Waals surface area contributed by atoms with Crippen LogP contribution < -0.4 is 16.0 Å². The predicted molar refractivity (Wildman–Crippen MR) is 111 cm³/mol. The number of nitrogens with one attached hydrogen (secondary N) is 3. The van der Waals surface area contributed by atoms with E-state index in [4.69, 9.17) is 0 Å². The Kier molecular flexibility index (Phi) is 5.71. The van der Waals surface area contributed by atoms with Gasteiger partial charge in [-0.2, -0.15) is 0 Å². The molecular formula is C22H23N3O2. The molecule has 0 unspecified atom stereocenters. The van der Waals surface area contributed by atoms with Gasteiger partial charge in [-0.25, -0.2) is 0 Å². The second-order valence-corrected chi connectivity index (χ2v) is 6.40. The molecule has 3 rings (SSSR count). The van der Waals surface area contributed by atoms with Gasteiger partial charge in [0, 0.05) is 23.5 Å². The van der Waals surface area contributed by atoms with E-state index in [1.54, 1.807) is 13.0 Å². The molecule has 2 amide bonds. The van der Waals surface area contributed by atoms with Crippen LogP contribution in [0.1, 0.15) is 18.9 Å². The Morgan fingerprint density at radius 2 is 1.56 bits per heavy atom. The van der Waals surface area contributed by atoms with Gasteiger partial charge in [0.05, 0.1) is 6.54 Å². The standard InChI is InChI=1S/C22H23N3O2/c1-3-21(26)25-20-13-19(10-8-15(20)2)24-22(27)14-23-18-11-9-16-6-4-5-7-17(16)12-18/h4-13,23H,3,14H2,1-2H3,(H,24,27)(H,25,26). The highest BCUT2D eigenvalue weighted by Crippen LogP contribution is 2.21. The van der Waals surface area contributed by atoms with Crippen molar-refractivity contribution in [2.24, 2.45) is 0 Å². The topological polar surface area (TPSA) is 70.2 Å². The summed E-state index contributed by atoms with van der Waals surface area (Å²) in [4.78, 5) is 23.9. The lowest BCUT2D eigenvalue weighted by Crippen LogP contribution is -2.22. The van der Waals surface area contributed by atoms with E-state index in [9.17, 15) is 9.59 Å². The molecule has 0 atom stereocenters. The zero-order valence-electron chi connectivity index (χ0n) is 15.5. The van der Waals surface area contributed by atoms with Crippen LogP contribution >= 0.6 is 0 Å². The number of anilines is 3. The van der Waals surface area contributed by atoms with Crippen LogP contribution in [0.3, 0.4) is 0 Å². The highest BCUT2D eigenvalue weighted by atomic mass is 16.2. The molecule has 138 valence electrons. The van der Waals surface area contributed by atoms with Crippen molar-refractivity contribution in [2.75, 3.05) is 22.5 Å². The maximum Gasteiger partial charge on any atom is 0.243 e. The predicted octanol–water partition coefficient (Wildman–Crippen LogP) is 4.55. The second kappa shape index (κ2) is 8.36. The third-order valence-electron chi connectivity index (χ3n) is 4.32. The van der Waals surface area contributed by atoms with Crippen molar-refractivity contribution in [3.8, 4) is 0 Å². The first-order valence-corrected chi connectivity index (χ1v) is 8.98. The van der Waals surface area contributed by atoms with Gasteiger partial charge < -0.3 is 16.0 Å². The largest absolute Gasteiger partial charge is 0.376 e. The second-order valence-electron chi connectivity index (χ2n) is 6.40. The Balaban J connectivity index is 1.61. The van der Waals surface area contributed by atoms with Crippen molar-refractivity contribution in [3.05, 3.63) is 66.2 Å². The minimum absolute atomic E-state index is 0.0560. The molecule has 0 aliphatic heterocycles. The van der Waals surface area contributed by atoms with E-state index in [0.717, 1.165) is 22.0 Å². The number of rotatable bonds is 6. The molecule has 0 fully saturated rings. The molecule has 5 heteroatoms. The first-order valence-electron chi connectivity index (χ1n) is 8.98. The third-order valence-corrected chi connectivity index (χ3v) is 4.32. The minimum atomic E-state index is -0.153. The lowest BCUT2D eigenvalue weighted by atomic mass is 10.1. The van der Waals surface area contributed by atoms with E-state index >= 15 is 0 Å². The highest BCUT2D eigenvalue weighted by molar-refractivity contribution is 5.96. The molecule has 3 N–H and O–H groups in total. The van der Waals surface area contributed by atoms with E-state index in [-0.39, 0.29) is 18.4 Å². The summed E-state index contributed by atoms with van der Waals surface area (Å²) in [7, 11) is 0. The molecule has 5 nitrogen and oxygen atoms in total. The van der Waals surface area contributed by atoms with Crippen LogP contribution in [-0.4, -0.2) is 18.4 Å². The van der Waals surface area contributed by atoms with Gasteiger partial charge in [-0.3, -0.25) is 9.59 Å². The molecule has 0 heterocycles. The van der Waals surface area contributed by atoms with Gasteiger partial charge in [-0.15, -0.1) is 0 Å². The number of carbonyl (C=O) groups excluding carboxylic acids is 2. The van der Waals surface area contributed by atoms with Crippen molar-refractivity contribution in [3.63, 3.8) is 0 Å². The molecular weight excluding hydrogens is 338 g/mol. The van der Waals surface area contributed by atoms with Gasteiger partial charge in [0.2, 0.25) is 11.8 Å². The fourth-order valence-corrected chi connectivity index (χ4v) is 2.76. The monoisotopic (exact) mass is 361 g/mol. The molecule has 0 aromatic heterocycles. The Morgan fingerprint density at radius 1 is 0.815 bits per heavy atom. The van der Waals surface area contributed by atoms with E-state index in [0.29, 0.717) is 17.8 Å². The molecule has 0 bridgehead atoms. The fraction of sp³-hybridized carbons (Fsp3) is 0.182. The molecule has 3 aromatic carbocycles. The number of benzene rings is 3. The summed E-state index contributed by atoms with van der Waals surface area (Å²) in [5.41, 5.74) is 3.20. The van der Waals surface area contributed by atoms with E-state index in [1.807, 2.05) is 55.5 Å². The van der Waals surface area contributed by atoms with Gasteiger partial charge in [0.25, 0.3) is 0 Å². The molecule has 0 saturated carbocycles. The lowest BCUT2D eigenvalue weighted by Gasteiger charge is -2.12. The zero-order chi connectivity index (χ0) is 19.2. The lowest BCUT2D eigenvalue weighted by molar-refractivity contribution is -0.116. The molecule has 0 aliphatic carbocycles. The smallest absolute Gasteiger partial charge is 0.243 e. The maximum absolute atomic E-state index is 12.3. The van der Waals surface area contributed by atoms with Gasteiger partial charge in [0.15, 0.2) is 0 Å². The van der Waals surface area contributed by atoms with Crippen molar-refractivity contribution in [1.29, 1.82) is 0 Å². The summed E-state index contributed by atoms with van der Waals surface area (Å²) in [6.07, 6.45) is 0.408. The minimum Gasteiger partial charge on any atom is -0.376 e. The van der Waals surface area contributed by atoms with Gasteiger partial charge in [-0.05, 0) is 47.5 Å². The summed E-state index contributed by atoms with van der Waals surface area (Å²) < 4.78 is 0. The summed E-state index contributed by atoms with van der Waals surface area (Å²) in [6, 6.07) is 19.6. The Morgan fingerprint density at radius 3 is 2.33 bits per heavy atom. The van der Waals surface area contributed by atoms with Crippen molar-refractivity contribution < 1.29 is 9.59 Å². The maximum atomic E-state index is 12.3. The third kappa shape index (κ3) is 4.85. The van der Waals surface area contributed by atoms with Crippen molar-refractivity contribution in [2.45, 2.75) is 20.3 Å². The van der Waals surface area contributed by atoms with Crippen LogP contribution in [0.15, 0.2) is 60.7 Å². The highest BCUT2D eigenvalue weighted by Gasteiger charge is 2.07. The first-order chi connectivity index (χ1) is 13.0. The number of hydrogen-bond donors (Lipinski definition) is 3. The van der Waals surface area contributed by atoms with Crippen LogP contribution in [0, 0.1) is 6.92 Å². The zero-order valence-corrected chi connectivity index (χ0v) is 15.5. The fourth-order valence-electron chi connectivity index (χ4n) is 2.76. The molecule has 0 radical (unpaired) electrons. The number of amides is 2. The van der Waals surface area contributed by atoms with Crippen LogP contribution in [0.25, 0.3) is 10.8 Å². The Bertz CT molecular complexity index is 982. The molecule has 27 heavy (non-hydrogen) atoms. The van der Waals surface area contributed by atoms with E-state index in [1.165, 1.54) is 0 Å². The van der Waals surface area contributed by atoms with Gasteiger partial charge in [0.1, 0.15) is 0 Å². The average molecular weight is 361 g/mol. The molecule has 3 aromatic rings. The van der Waals surface area contributed by atoms with Gasteiger partial charge >= 0.3 is 0 Å². The number of carbonyl (C=O) groups is 2. The van der Waals surface area contributed by atoms with Crippen LogP contribution in [0.4, 0.5) is 17.1 Å². The van der Waals surface area contributed by atoms with E-state index < -0.39 is 0 Å². The van der Waals surface area contributed by atoms with Crippen LogP contribution in [0.5, 0.6) is 0 Å². The van der Waals surface area contributed by atoms with E-state index in [2.05, 4.69) is 22.0 Å². The van der Waals surface area contributed by atoms with Crippen LogP contribution in [-0.2, 0) is 9.59 Å². The first kappa shape index (κ1) is 18.5. The average Bonchev–Trinajstić information content (AvgIpc) is 2.68. The van der Waals surface area contributed by atoms with Gasteiger partial charge in [-0.1, -0.05) is 43.3 Å². The quantitative estimate of drug-likeness (QED) is 0.603.